The largest absolute Gasteiger partial charge is 0.355 e. The Hall–Kier alpha value is -1.63. The van der Waals surface area contributed by atoms with Crippen LogP contribution in [0.25, 0.3) is 0 Å². The van der Waals surface area contributed by atoms with Crippen LogP contribution >= 0.6 is 0 Å². The average molecular weight is 415 g/mol. The molecule has 168 valence electrons. The van der Waals surface area contributed by atoms with Gasteiger partial charge in [0.25, 0.3) is 0 Å². The highest BCUT2D eigenvalue weighted by molar-refractivity contribution is 5.79. The number of benzene rings is 1. The topological polar surface area (TPSA) is 46.1 Å². The van der Waals surface area contributed by atoms with Gasteiger partial charge in [0.15, 0.2) is 5.96 Å². The summed E-state index contributed by atoms with van der Waals surface area (Å²) in [6, 6.07) is 9.02. The van der Waals surface area contributed by atoms with Crippen molar-refractivity contribution < 1.29 is 0 Å². The van der Waals surface area contributed by atoms with Gasteiger partial charge in [-0.25, -0.2) is 0 Å². The number of rotatable bonds is 7. The van der Waals surface area contributed by atoms with E-state index in [1.165, 1.54) is 56.6 Å². The molecule has 0 unspecified atom stereocenters. The Balaban J connectivity index is 1.42. The van der Waals surface area contributed by atoms with Crippen LogP contribution in [0.4, 0.5) is 0 Å². The van der Waals surface area contributed by atoms with Crippen LogP contribution in [0.2, 0.25) is 0 Å². The summed E-state index contributed by atoms with van der Waals surface area (Å²) in [5, 5.41) is 7.00. The van der Waals surface area contributed by atoms with E-state index in [9.17, 15) is 0 Å². The Labute approximate surface area is 183 Å². The third-order valence-electron chi connectivity index (χ3n) is 6.61. The zero-order chi connectivity index (χ0) is 21.4. The molecule has 2 saturated heterocycles. The Morgan fingerprint density at radius 2 is 1.53 bits per heavy atom. The van der Waals surface area contributed by atoms with Crippen LogP contribution in [0.5, 0.6) is 0 Å². The Morgan fingerprint density at radius 3 is 2.17 bits per heavy atom. The number of hydrogen-bond acceptors (Lipinski definition) is 4. The van der Waals surface area contributed by atoms with E-state index in [1.807, 2.05) is 7.05 Å². The lowest BCUT2D eigenvalue weighted by molar-refractivity contribution is 0.0982. The smallest absolute Gasteiger partial charge is 0.191 e. The van der Waals surface area contributed by atoms with Crippen molar-refractivity contribution in [2.45, 2.75) is 51.7 Å². The number of nitrogens with zero attached hydrogens (tertiary/aromatic N) is 4. The zero-order valence-corrected chi connectivity index (χ0v) is 19.6. The maximum atomic E-state index is 4.42. The van der Waals surface area contributed by atoms with Crippen molar-refractivity contribution in [1.82, 2.24) is 25.3 Å². The molecule has 6 nitrogen and oxygen atoms in total. The molecule has 0 amide bonds. The molecule has 2 aliphatic rings. The highest BCUT2D eigenvalue weighted by Crippen LogP contribution is 2.19. The molecule has 0 atom stereocenters. The zero-order valence-electron chi connectivity index (χ0n) is 19.6. The first-order valence-electron chi connectivity index (χ1n) is 11.6. The summed E-state index contributed by atoms with van der Waals surface area (Å²) in [5.74, 6) is 0.876. The van der Waals surface area contributed by atoms with Crippen molar-refractivity contribution >= 4 is 5.96 Å². The quantitative estimate of drug-likeness (QED) is 0.530. The van der Waals surface area contributed by atoms with E-state index in [-0.39, 0.29) is 5.54 Å². The lowest BCUT2D eigenvalue weighted by Gasteiger charge is -2.41. The van der Waals surface area contributed by atoms with Gasteiger partial charge in [-0.05, 0) is 58.0 Å². The van der Waals surface area contributed by atoms with E-state index in [2.05, 4.69) is 75.5 Å². The molecule has 3 rings (SSSR count). The minimum absolute atomic E-state index is 0.142. The molecule has 0 aromatic heterocycles. The second-order valence-corrected chi connectivity index (χ2v) is 9.54. The average Bonchev–Trinajstić information content (AvgIpc) is 2.77. The number of piperazine rings is 1. The molecule has 2 heterocycles. The lowest BCUT2D eigenvalue weighted by Crippen LogP contribution is -2.54. The summed E-state index contributed by atoms with van der Waals surface area (Å²) in [4.78, 5) is 12.0. The molecule has 0 aliphatic carbocycles. The number of guanidine groups is 1. The van der Waals surface area contributed by atoms with Gasteiger partial charge in [0.2, 0.25) is 0 Å². The van der Waals surface area contributed by atoms with E-state index >= 15 is 0 Å². The fourth-order valence-electron chi connectivity index (χ4n) is 4.34. The minimum atomic E-state index is 0.142. The van der Waals surface area contributed by atoms with Gasteiger partial charge in [0, 0.05) is 58.4 Å². The van der Waals surface area contributed by atoms with Gasteiger partial charge in [-0.15, -0.1) is 0 Å². The normalized spacial score (nSPS) is 20.3. The minimum Gasteiger partial charge on any atom is -0.355 e. The molecule has 2 fully saturated rings. The highest BCUT2D eigenvalue weighted by atomic mass is 15.2. The van der Waals surface area contributed by atoms with Gasteiger partial charge < -0.3 is 15.5 Å². The van der Waals surface area contributed by atoms with Gasteiger partial charge in [-0.2, -0.15) is 0 Å². The van der Waals surface area contributed by atoms with Crippen molar-refractivity contribution in [3.05, 3.63) is 35.4 Å². The lowest BCUT2D eigenvalue weighted by atomic mass is 9.98. The number of likely N-dealkylation sites (tertiary alicyclic amines) is 1. The number of piperidine rings is 1. The molecule has 6 heteroatoms. The van der Waals surface area contributed by atoms with Gasteiger partial charge in [0.1, 0.15) is 0 Å². The molecular weight excluding hydrogens is 372 g/mol. The third-order valence-corrected chi connectivity index (χ3v) is 6.61. The number of nitrogens with one attached hydrogen (secondary N) is 2. The molecule has 2 N–H and O–H groups in total. The maximum absolute atomic E-state index is 4.42. The molecule has 0 radical (unpaired) electrons. The first-order valence-corrected chi connectivity index (χ1v) is 11.6. The summed E-state index contributed by atoms with van der Waals surface area (Å²) in [5.41, 5.74) is 2.83. The molecule has 0 bridgehead atoms. The maximum Gasteiger partial charge on any atom is 0.191 e. The predicted octanol–water partition coefficient (Wildman–Crippen LogP) is 2.36. The van der Waals surface area contributed by atoms with Crippen molar-refractivity contribution in [3.8, 4) is 0 Å². The van der Waals surface area contributed by atoms with Gasteiger partial charge in [-0.3, -0.25) is 14.8 Å². The SMILES string of the molecule is CN=C(NCc1ccc(CN2CCN(C)CC2)cc1)NCC(C)(C)N1CCCCC1. The fraction of sp³-hybridized carbons (Fsp3) is 0.708. The summed E-state index contributed by atoms with van der Waals surface area (Å²) in [6.07, 6.45) is 4.01. The van der Waals surface area contributed by atoms with E-state index in [4.69, 9.17) is 0 Å². The molecule has 0 saturated carbocycles. The molecular formula is C24H42N6. The standard InChI is InChI=1S/C24H42N6/c1-24(2,30-12-6-5-7-13-30)20-27-23(25-3)26-18-21-8-10-22(11-9-21)19-29-16-14-28(4)15-17-29/h8-11H,5-7,12-20H2,1-4H3,(H2,25,26,27). The third kappa shape index (κ3) is 6.96. The van der Waals surface area contributed by atoms with Crippen molar-refractivity contribution in [1.29, 1.82) is 0 Å². The highest BCUT2D eigenvalue weighted by Gasteiger charge is 2.27. The summed E-state index contributed by atoms with van der Waals surface area (Å²) in [7, 11) is 4.05. The second kappa shape index (κ2) is 11.1. The fourth-order valence-corrected chi connectivity index (χ4v) is 4.34. The predicted molar refractivity (Wildman–Crippen MR) is 127 cm³/mol. The Bertz CT molecular complexity index is 655. The van der Waals surface area contributed by atoms with Crippen LogP contribution in [0.1, 0.15) is 44.2 Å². The number of likely N-dealkylation sites (N-methyl/N-ethyl adjacent to an activating group) is 1. The van der Waals surface area contributed by atoms with E-state index in [0.29, 0.717) is 0 Å². The van der Waals surface area contributed by atoms with Gasteiger partial charge in [-0.1, -0.05) is 30.7 Å². The summed E-state index contributed by atoms with van der Waals surface area (Å²) in [6.45, 7) is 14.5. The van der Waals surface area contributed by atoms with E-state index in [1.54, 1.807) is 0 Å². The molecule has 0 spiro atoms. The van der Waals surface area contributed by atoms with E-state index < -0.39 is 0 Å². The molecule has 2 aliphatic heterocycles. The van der Waals surface area contributed by atoms with Crippen LogP contribution in [-0.4, -0.2) is 86.1 Å². The first-order chi connectivity index (χ1) is 14.5. The summed E-state index contributed by atoms with van der Waals surface area (Å²) >= 11 is 0. The van der Waals surface area contributed by atoms with Crippen LogP contribution in [-0.2, 0) is 13.1 Å². The summed E-state index contributed by atoms with van der Waals surface area (Å²) < 4.78 is 0. The van der Waals surface area contributed by atoms with Gasteiger partial charge >= 0.3 is 0 Å². The molecule has 1 aromatic carbocycles. The number of aliphatic imine (C=N–C) groups is 1. The molecule has 30 heavy (non-hydrogen) atoms. The Kier molecular flexibility index (Phi) is 8.54. The van der Waals surface area contributed by atoms with Crippen molar-refractivity contribution in [3.63, 3.8) is 0 Å². The van der Waals surface area contributed by atoms with Gasteiger partial charge in [0.05, 0.1) is 0 Å². The monoisotopic (exact) mass is 414 g/mol. The van der Waals surface area contributed by atoms with Crippen LogP contribution in [0, 0.1) is 0 Å². The van der Waals surface area contributed by atoms with Crippen molar-refractivity contribution in [2.75, 3.05) is 59.9 Å². The van der Waals surface area contributed by atoms with Crippen LogP contribution in [0.15, 0.2) is 29.3 Å². The Morgan fingerprint density at radius 1 is 0.900 bits per heavy atom. The van der Waals surface area contributed by atoms with Crippen LogP contribution in [0.3, 0.4) is 0 Å². The van der Waals surface area contributed by atoms with Crippen LogP contribution < -0.4 is 10.6 Å². The van der Waals surface area contributed by atoms with E-state index in [0.717, 1.165) is 38.7 Å². The second-order valence-electron chi connectivity index (χ2n) is 9.54. The number of hydrogen-bond donors (Lipinski definition) is 2. The molecule has 1 aromatic rings. The van der Waals surface area contributed by atoms with Crippen molar-refractivity contribution in [2.24, 2.45) is 4.99 Å². The first kappa shape index (κ1) is 23.0.